The maximum Gasteiger partial charge on any atom is 0.229 e. The van der Waals surface area contributed by atoms with E-state index < -0.39 is 0 Å². The van der Waals surface area contributed by atoms with E-state index >= 15 is 0 Å². The van der Waals surface area contributed by atoms with E-state index in [1.54, 1.807) is 31.6 Å². The first-order valence-electron chi connectivity index (χ1n) is 5.97. The van der Waals surface area contributed by atoms with E-state index in [4.69, 9.17) is 9.47 Å². The Bertz CT molecular complexity index is 494. The molecule has 0 aliphatic carbocycles. The van der Waals surface area contributed by atoms with Crippen LogP contribution in [0.5, 0.6) is 11.8 Å². The number of thiophene rings is 1. The fraction of sp³-hybridized carbons (Fsp3) is 0.385. The second-order valence-corrected chi connectivity index (χ2v) is 5.14. The minimum absolute atomic E-state index is 0.232. The molecule has 0 fully saturated rings. The lowest BCUT2D eigenvalue weighted by molar-refractivity contribution is 0.372. The predicted molar refractivity (Wildman–Crippen MR) is 76.2 cm³/mol. The quantitative estimate of drug-likeness (QED) is 0.881. The van der Waals surface area contributed by atoms with Gasteiger partial charge in [0.2, 0.25) is 17.7 Å². The van der Waals surface area contributed by atoms with Crippen LogP contribution in [-0.2, 0) is 6.42 Å². The van der Waals surface area contributed by atoms with Gasteiger partial charge in [-0.2, -0.15) is 9.97 Å². The largest absolute Gasteiger partial charge is 0.481 e. The van der Waals surface area contributed by atoms with Crippen LogP contribution in [0.15, 0.2) is 23.6 Å². The smallest absolute Gasteiger partial charge is 0.229 e. The Hall–Kier alpha value is -1.82. The summed E-state index contributed by atoms with van der Waals surface area (Å²) < 4.78 is 10.2. The Labute approximate surface area is 116 Å². The van der Waals surface area contributed by atoms with E-state index in [2.05, 4.69) is 39.7 Å². The number of ether oxygens (including phenoxy) is 2. The van der Waals surface area contributed by atoms with Crippen LogP contribution >= 0.6 is 11.3 Å². The number of hydrogen-bond donors (Lipinski definition) is 1. The van der Waals surface area contributed by atoms with E-state index in [1.807, 2.05) is 0 Å². The molecule has 0 aromatic carbocycles. The summed E-state index contributed by atoms with van der Waals surface area (Å²) in [7, 11) is 3.14. The van der Waals surface area contributed by atoms with Crippen molar-refractivity contribution in [2.45, 2.75) is 19.4 Å². The van der Waals surface area contributed by atoms with Crippen LogP contribution in [0.25, 0.3) is 0 Å². The summed E-state index contributed by atoms with van der Waals surface area (Å²) in [5.74, 6) is 1.48. The lowest BCUT2D eigenvalue weighted by atomic mass is 10.2. The Morgan fingerprint density at radius 3 is 2.47 bits per heavy atom. The maximum absolute atomic E-state index is 5.12. The van der Waals surface area contributed by atoms with Crippen LogP contribution in [0.3, 0.4) is 0 Å². The molecule has 1 unspecified atom stereocenters. The fourth-order valence-electron chi connectivity index (χ4n) is 1.68. The number of anilines is 1. The van der Waals surface area contributed by atoms with Gasteiger partial charge in [-0.1, -0.05) is 6.07 Å². The van der Waals surface area contributed by atoms with Crippen molar-refractivity contribution in [1.82, 2.24) is 9.97 Å². The average molecular weight is 279 g/mol. The molecule has 0 spiro atoms. The second-order valence-electron chi connectivity index (χ2n) is 4.11. The highest BCUT2D eigenvalue weighted by Crippen LogP contribution is 2.19. The van der Waals surface area contributed by atoms with E-state index in [0.29, 0.717) is 17.7 Å². The summed E-state index contributed by atoms with van der Waals surface area (Å²) in [5.41, 5.74) is 0. The lowest BCUT2D eigenvalue weighted by Crippen LogP contribution is -2.19. The van der Waals surface area contributed by atoms with Gasteiger partial charge in [0.1, 0.15) is 0 Å². The fourth-order valence-corrected chi connectivity index (χ4v) is 2.51. The van der Waals surface area contributed by atoms with Crippen molar-refractivity contribution < 1.29 is 9.47 Å². The lowest BCUT2D eigenvalue weighted by Gasteiger charge is -2.14. The monoisotopic (exact) mass is 279 g/mol. The van der Waals surface area contributed by atoms with Gasteiger partial charge in [0.15, 0.2) is 0 Å². The summed E-state index contributed by atoms with van der Waals surface area (Å²) >= 11 is 1.75. The second kappa shape index (κ2) is 6.38. The highest BCUT2D eigenvalue weighted by atomic mass is 32.1. The third-order valence-corrected chi connectivity index (χ3v) is 3.46. The summed E-state index contributed by atoms with van der Waals surface area (Å²) in [6.45, 7) is 2.09. The first-order chi connectivity index (χ1) is 9.21. The third-order valence-electron chi connectivity index (χ3n) is 2.56. The first-order valence-corrected chi connectivity index (χ1v) is 6.85. The summed E-state index contributed by atoms with van der Waals surface area (Å²) in [4.78, 5) is 9.82. The van der Waals surface area contributed by atoms with Gasteiger partial charge in [0, 0.05) is 17.3 Å². The number of rotatable bonds is 6. The van der Waals surface area contributed by atoms with Crippen LogP contribution in [0, 0.1) is 0 Å². The normalized spacial score (nSPS) is 11.9. The Morgan fingerprint density at radius 2 is 1.95 bits per heavy atom. The highest BCUT2D eigenvalue weighted by molar-refractivity contribution is 7.09. The van der Waals surface area contributed by atoms with Gasteiger partial charge < -0.3 is 14.8 Å². The number of nitrogens with zero attached hydrogens (tertiary/aromatic N) is 2. The molecule has 2 aromatic heterocycles. The number of aromatic nitrogens is 2. The SMILES string of the molecule is COc1cc(OC)nc(NC(C)Cc2cccs2)n1. The van der Waals surface area contributed by atoms with Crippen LogP contribution in [0.4, 0.5) is 5.95 Å². The molecule has 0 bridgehead atoms. The molecule has 2 aromatic rings. The first kappa shape index (κ1) is 13.6. The van der Waals surface area contributed by atoms with Gasteiger partial charge >= 0.3 is 0 Å². The average Bonchev–Trinajstić information content (AvgIpc) is 2.90. The molecule has 1 atom stereocenters. The molecule has 0 radical (unpaired) electrons. The van der Waals surface area contributed by atoms with E-state index in [-0.39, 0.29) is 6.04 Å². The molecule has 2 heterocycles. The van der Waals surface area contributed by atoms with Gasteiger partial charge in [-0.25, -0.2) is 0 Å². The molecular weight excluding hydrogens is 262 g/mol. The topological polar surface area (TPSA) is 56.3 Å². The zero-order chi connectivity index (χ0) is 13.7. The molecular formula is C13H17N3O2S. The van der Waals surface area contributed by atoms with E-state index in [0.717, 1.165) is 6.42 Å². The van der Waals surface area contributed by atoms with Gasteiger partial charge in [0.05, 0.1) is 20.3 Å². The molecule has 5 nitrogen and oxygen atoms in total. The van der Waals surface area contributed by atoms with Crippen molar-refractivity contribution >= 4 is 17.3 Å². The van der Waals surface area contributed by atoms with Crippen LogP contribution in [0.1, 0.15) is 11.8 Å². The van der Waals surface area contributed by atoms with Gasteiger partial charge in [0.25, 0.3) is 0 Å². The Balaban J connectivity index is 2.05. The highest BCUT2D eigenvalue weighted by Gasteiger charge is 2.09. The molecule has 0 saturated heterocycles. The van der Waals surface area contributed by atoms with Crippen LogP contribution in [-0.4, -0.2) is 30.2 Å². The van der Waals surface area contributed by atoms with Crippen molar-refractivity contribution in [2.75, 3.05) is 19.5 Å². The van der Waals surface area contributed by atoms with Gasteiger partial charge in [-0.3, -0.25) is 0 Å². The van der Waals surface area contributed by atoms with Crippen molar-refractivity contribution in [2.24, 2.45) is 0 Å². The summed E-state index contributed by atoms with van der Waals surface area (Å²) in [6, 6.07) is 6.05. The minimum atomic E-state index is 0.232. The van der Waals surface area contributed by atoms with Crippen molar-refractivity contribution in [1.29, 1.82) is 0 Å². The molecule has 1 N–H and O–H groups in total. The molecule has 0 amide bonds. The minimum Gasteiger partial charge on any atom is -0.481 e. The zero-order valence-electron chi connectivity index (χ0n) is 11.2. The third kappa shape index (κ3) is 3.82. The standard InChI is InChI=1S/C13H17N3O2S/c1-9(7-10-5-4-6-19-10)14-13-15-11(17-2)8-12(16-13)18-3/h4-6,8-9H,7H2,1-3H3,(H,14,15,16). The van der Waals surface area contributed by atoms with Crippen molar-refractivity contribution in [3.8, 4) is 11.8 Å². The van der Waals surface area contributed by atoms with E-state index in [9.17, 15) is 0 Å². The molecule has 0 aliphatic rings. The number of hydrogen-bond acceptors (Lipinski definition) is 6. The molecule has 2 rings (SSSR count). The van der Waals surface area contributed by atoms with Crippen LogP contribution in [0.2, 0.25) is 0 Å². The molecule has 6 heteroatoms. The molecule has 0 saturated carbocycles. The molecule has 19 heavy (non-hydrogen) atoms. The number of nitrogens with one attached hydrogen (secondary N) is 1. The molecule has 0 aliphatic heterocycles. The zero-order valence-corrected chi connectivity index (χ0v) is 12.0. The van der Waals surface area contributed by atoms with Gasteiger partial charge in [-0.05, 0) is 18.4 Å². The maximum atomic E-state index is 5.12. The number of methoxy groups -OCH3 is 2. The van der Waals surface area contributed by atoms with Crippen molar-refractivity contribution in [3.63, 3.8) is 0 Å². The summed E-state index contributed by atoms with van der Waals surface area (Å²) in [5, 5.41) is 5.33. The van der Waals surface area contributed by atoms with Crippen molar-refractivity contribution in [3.05, 3.63) is 28.5 Å². The molecule has 102 valence electrons. The predicted octanol–water partition coefficient (Wildman–Crippen LogP) is 2.60. The Kier molecular flexibility index (Phi) is 4.57. The van der Waals surface area contributed by atoms with Crippen LogP contribution < -0.4 is 14.8 Å². The van der Waals surface area contributed by atoms with E-state index in [1.165, 1.54) is 4.88 Å². The van der Waals surface area contributed by atoms with Gasteiger partial charge in [-0.15, -0.1) is 11.3 Å². The summed E-state index contributed by atoms with van der Waals surface area (Å²) in [6.07, 6.45) is 0.931. The Morgan fingerprint density at radius 1 is 1.26 bits per heavy atom.